The van der Waals surface area contributed by atoms with Crippen LogP contribution in [0.4, 0.5) is 17.3 Å². The van der Waals surface area contributed by atoms with Gasteiger partial charge in [0.15, 0.2) is 5.78 Å². The Labute approximate surface area is 205 Å². The minimum absolute atomic E-state index is 0.0657. The second kappa shape index (κ2) is 11.3. The Morgan fingerprint density at radius 2 is 1.82 bits per heavy atom. The average Bonchev–Trinajstić information content (AvgIpc) is 2.89. The molecule has 0 spiro atoms. The number of ketones is 1. The number of carbonyl (C=O) groups excluding carboxylic acids is 1. The molecule has 0 unspecified atom stereocenters. The van der Waals surface area contributed by atoms with Crippen LogP contribution >= 0.6 is 11.6 Å². The number of aryl methyl sites for hydroxylation is 2. The first-order chi connectivity index (χ1) is 16.6. The van der Waals surface area contributed by atoms with Crippen LogP contribution in [-0.2, 0) is 12.8 Å². The standard InChI is InChI=1S/C26H30ClN5O2/c1-3-23(33)20-14-19(25(27)24(15-20)34-2)5-4-18-16-29-26(30-17-18)31-21-6-8-22(9-7-21)32-12-10-28-11-13-32/h6-9,14-17,28H,3-5,10-13H2,1-2H3,(H,29,30,31). The molecule has 1 fully saturated rings. The van der Waals surface area contributed by atoms with Crippen LogP contribution in [0.1, 0.15) is 34.8 Å². The Kier molecular flexibility index (Phi) is 7.98. The molecular weight excluding hydrogens is 450 g/mol. The number of carbonyl (C=O) groups is 1. The minimum atomic E-state index is 0.0657. The van der Waals surface area contributed by atoms with Gasteiger partial charge in [0, 0.05) is 61.9 Å². The van der Waals surface area contributed by atoms with E-state index in [1.807, 2.05) is 25.4 Å². The molecule has 34 heavy (non-hydrogen) atoms. The summed E-state index contributed by atoms with van der Waals surface area (Å²) in [5, 5.41) is 7.17. The molecule has 7 nitrogen and oxygen atoms in total. The van der Waals surface area contributed by atoms with E-state index in [1.165, 1.54) is 5.69 Å². The molecule has 1 aromatic heterocycles. The van der Waals surface area contributed by atoms with E-state index in [0.717, 1.165) is 43.0 Å². The van der Waals surface area contributed by atoms with Crippen LogP contribution in [-0.4, -0.2) is 49.0 Å². The minimum Gasteiger partial charge on any atom is -0.495 e. The maximum atomic E-state index is 12.2. The number of ether oxygens (including phenoxy) is 1. The van der Waals surface area contributed by atoms with Gasteiger partial charge in [-0.05, 0) is 60.4 Å². The van der Waals surface area contributed by atoms with E-state index in [-0.39, 0.29) is 5.78 Å². The number of anilines is 3. The third-order valence-corrected chi connectivity index (χ3v) is 6.40. The van der Waals surface area contributed by atoms with Gasteiger partial charge in [0.1, 0.15) is 5.75 Å². The average molecular weight is 480 g/mol. The fraction of sp³-hybridized carbons (Fsp3) is 0.346. The van der Waals surface area contributed by atoms with E-state index < -0.39 is 0 Å². The first kappa shape index (κ1) is 24.0. The lowest BCUT2D eigenvalue weighted by molar-refractivity contribution is 0.0987. The maximum absolute atomic E-state index is 12.2. The normalized spacial score (nSPS) is 13.6. The van der Waals surface area contributed by atoms with Gasteiger partial charge in [-0.15, -0.1) is 0 Å². The summed E-state index contributed by atoms with van der Waals surface area (Å²) < 4.78 is 5.36. The van der Waals surface area contributed by atoms with Crippen molar-refractivity contribution in [3.05, 3.63) is 70.5 Å². The highest BCUT2D eigenvalue weighted by molar-refractivity contribution is 6.33. The lowest BCUT2D eigenvalue weighted by atomic mass is 10.0. The fourth-order valence-corrected chi connectivity index (χ4v) is 4.27. The van der Waals surface area contributed by atoms with Gasteiger partial charge >= 0.3 is 0 Å². The van der Waals surface area contributed by atoms with Gasteiger partial charge in [0.2, 0.25) is 5.95 Å². The van der Waals surface area contributed by atoms with Crippen LogP contribution in [0.15, 0.2) is 48.8 Å². The summed E-state index contributed by atoms with van der Waals surface area (Å²) in [6, 6.07) is 11.9. The predicted octanol–water partition coefficient (Wildman–Crippen LogP) is 4.67. The second-order valence-corrected chi connectivity index (χ2v) is 8.63. The lowest BCUT2D eigenvalue weighted by Crippen LogP contribution is -2.43. The highest BCUT2D eigenvalue weighted by atomic mass is 35.5. The zero-order valence-corrected chi connectivity index (χ0v) is 20.4. The van der Waals surface area contributed by atoms with E-state index in [4.69, 9.17) is 16.3 Å². The SMILES string of the molecule is CCC(=O)c1cc(CCc2cnc(Nc3ccc(N4CCNCC4)cc3)nc2)c(Cl)c(OC)c1. The van der Waals surface area contributed by atoms with Crippen LogP contribution < -0.4 is 20.3 Å². The molecule has 1 aliphatic heterocycles. The smallest absolute Gasteiger partial charge is 0.227 e. The largest absolute Gasteiger partial charge is 0.495 e. The number of rotatable bonds is 9. The van der Waals surface area contributed by atoms with Gasteiger partial charge in [-0.1, -0.05) is 18.5 Å². The zero-order valence-electron chi connectivity index (χ0n) is 19.6. The van der Waals surface area contributed by atoms with Gasteiger partial charge < -0.3 is 20.3 Å². The Morgan fingerprint density at radius 1 is 1.12 bits per heavy atom. The molecule has 1 saturated heterocycles. The highest BCUT2D eigenvalue weighted by Crippen LogP contribution is 2.31. The molecule has 8 heteroatoms. The number of nitrogens with one attached hydrogen (secondary N) is 2. The van der Waals surface area contributed by atoms with E-state index in [9.17, 15) is 4.79 Å². The molecule has 3 aromatic rings. The molecule has 4 rings (SSSR count). The van der Waals surface area contributed by atoms with Crippen molar-refractivity contribution in [3.8, 4) is 5.75 Å². The number of halogens is 1. The van der Waals surface area contributed by atoms with E-state index in [2.05, 4.69) is 49.8 Å². The number of nitrogens with zero attached hydrogens (tertiary/aromatic N) is 3. The number of methoxy groups -OCH3 is 1. The third kappa shape index (κ3) is 5.85. The Morgan fingerprint density at radius 3 is 2.47 bits per heavy atom. The highest BCUT2D eigenvalue weighted by Gasteiger charge is 2.14. The number of piperazine rings is 1. The van der Waals surface area contributed by atoms with Crippen molar-refractivity contribution < 1.29 is 9.53 Å². The monoisotopic (exact) mass is 479 g/mol. The number of Topliss-reactive ketones (excluding diaryl/α,β-unsaturated/α-hetero) is 1. The summed E-state index contributed by atoms with van der Waals surface area (Å²) >= 11 is 6.49. The van der Waals surface area contributed by atoms with Crippen LogP contribution in [0.3, 0.4) is 0 Å². The van der Waals surface area contributed by atoms with Crippen molar-refractivity contribution in [2.75, 3.05) is 43.5 Å². The van der Waals surface area contributed by atoms with Crippen molar-refractivity contribution in [1.82, 2.24) is 15.3 Å². The quantitative estimate of drug-likeness (QED) is 0.432. The third-order valence-electron chi connectivity index (χ3n) is 5.97. The summed E-state index contributed by atoms with van der Waals surface area (Å²) in [4.78, 5) is 23.5. The van der Waals surface area contributed by atoms with Crippen LogP contribution in [0, 0.1) is 0 Å². The second-order valence-electron chi connectivity index (χ2n) is 8.25. The molecule has 2 N–H and O–H groups in total. The fourth-order valence-electron chi connectivity index (χ4n) is 3.99. The van der Waals surface area contributed by atoms with E-state index >= 15 is 0 Å². The van der Waals surface area contributed by atoms with E-state index in [1.54, 1.807) is 13.2 Å². The lowest BCUT2D eigenvalue weighted by Gasteiger charge is -2.29. The van der Waals surface area contributed by atoms with Crippen molar-refractivity contribution in [1.29, 1.82) is 0 Å². The molecule has 0 radical (unpaired) electrons. The summed E-state index contributed by atoms with van der Waals surface area (Å²) in [5.74, 6) is 1.14. The molecule has 0 amide bonds. The number of hydrogen-bond acceptors (Lipinski definition) is 7. The Balaban J connectivity index is 1.37. The van der Waals surface area contributed by atoms with Gasteiger partial charge in [-0.3, -0.25) is 4.79 Å². The molecule has 0 atom stereocenters. The van der Waals surface area contributed by atoms with Crippen LogP contribution in [0.2, 0.25) is 5.02 Å². The maximum Gasteiger partial charge on any atom is 0.227 e. The predicted molar refractivity (Wildman–Crippen MR) is 137 cm³/mol. The number of hydrogen-bond donors (Lipinski definition) is 2. The first-order valence-corrected chi connectivity index (χ1v) is 12.0. The number of aromatic nitrogens is 2. The van der Waals surface area contributed by atoms with Crippen molar-refractivity contribution >= 4 is 34.7 Å². The molecule has 0 aliphatic carbocycles. The van der Waals surface area contributed by atoms with Crippen molar-refractivity contribution in [2.24, 2.45) is 0 Å². The van der Waals surface area contributed by atoms with Crippen molar-refractivity contribution in [3.63, 3.8) is 0 Å². The molecule has 0 saturated carbocycles. The zero-order chi connectivity index (χ0) is 23.9. The number of benzene rings is 2. The topological polar surface area (TPSA) is 79.4 Å². The van der Waals surface area contributed by atoms with Gasteiger partial charge in [-0.25, -0.2) is 9.97 Å². The molecular formula is C26H30ClN5O2. The van der Waals surface area contributed by atoms with Crippen LogP contribution in [0.25, 0.3) is 0 Å². The summed E-state index contributed by atoms with van der Waals surface area (Å²) in [5.41, 5.74) is 4.66. The molecule has 2 heterocycles. The van der Waals surface area contributed by atoms with E-state index in [0.29, 0.717) is 41.5 Å². The summed E-state index contributed by atoms with van der Waals surface area (Å²) in [6.45, 7) is 5.92. The Hall–Kier alpha value is -3.16. The molecule has 1 aliphatic rings. The Bertz CT molecular complexity index is 1110. The van der Waals surface area contributed by atoms with Gasteiger partial charge in [0.25, 0.3) is 0 Å². The van der Waals surface area contributed by atoms with Crippen molar-refractivity contribution in [2.45, 2.75) is 26.2 Å². The van der Waals surface area contributed by atoms with Crippen LogP contribution in [0.5, 0.6) is 5.75 Å². The first-order valence-electron chi connectivity index (χ1n) is 11.6. The van der Waals surface area contributed by atoms with Gasteiger partial charge in [-0.2, -0.15) is 0 Å². The van der Waals surface area contributed by atoms with Gasteiger partial charge in [0.05, 0.1) is 12.1 Å². The molecule has 0 bridgehead atoms. The molecule has 178 valence electrons. The molecule has 2 aromatic carbocycles. The summed E-state index contributed by atoms with van der Waals surface area (Å²) in [6.07, 6.45) is 5.42. The summed E-state index contributed by atoms with van der Waals surface area (Å²) in [7, 11) is 1.56.